The van der Waals surface area contributed by atoms with Gasteiger partial charge in [-0.15, -0.1) is 0 Å². The summed E-state index contributed by atoms with van der Waals surface area (Å²) in [7, 11) is 1.62. The smallest absolute Gasteiger partial charge is 0.246 e. The van der Waals surface area contributed by atoms with Gasteiger partial charge in [0.2, 0.25) is 11.8 Å². The highest BCUT2D eigenvalue weighted by molar-refractivity contribution is 5.92. The SMILES string of the molecule is COc1ccc(C)cc1/C=C\C(=O)N1CCN(C(C)=O)CC1. The van der Waals surface area contributed by atoms with Crippen LogP contribution in [0.5, 0.6) is 5.75 Å². The Morgan fingerprint density at radius 2 is 1.77 bits per heavy atom. The minimum Gasteiger partial charge on any atom is -0.496 e. The molecule has 1 aromatic rings. The summed E-state index contributed by atoms with van der Waals surface area (Å²) in [4.78, 5) is 27.0. The van der Waals surface area contributed by atoms with Crippen molar-refractivity contribution < 1.29 is 14.3 Å². The fourth-order valence-electron chi connectivity index (χ4n) is 2.49. The molecule has 118 valence electrons. The average molecular weight is 302 g/mol. The predicted octanol–water partition coefficient (Wildman–Crippen LogP) is 1.71. The topological polar surface area (TPSA) is 49.9 Å². The van der Waals surface area contributed by atoms with Gasteiger partial charge in [-0.1, -0.05) is 11.6 Å². The van der Waals surface area contributed by atoms with E-state index < -0.39 is 0 Å². The first-order valence-corrected chi connectivity index (χ1v) is 7.38. The molecule has 1 saturated heterocycles. The summed E-state index contributed by atoms with van der Waals surface area (Å²) in [5.74, 6) is 0.773. The lowest BCUT2D eigenvalue weighted by atomic mass is 10.1. The Balaban J connectivity index is 2.00. The van der Waals surface area contributed by atoms with Gasteiger partial charge < -0.3 is 14.5 Å². The van der Waals surface area contributed by atoms with Gasteiger partial charge in [0.05, 0.1) is 7.11 Å². The zero-order chi connectivity index (χ0) is 16.1. The number of aryl methyl sites for hydroxylation is 1. The highest BCUT2D eigenvalue weighted by Gasteiger charge is 2.20. The summed E-state index contributed by atoms with van der Waals surface area (Å²) in [6.45, 7) is 5.91. The van der Waals surface area contributed by atoms with E-state index in [4.69, 9.17) is 4.74 Å². The number of hydrogen-bond donors (Lipinski definition) is 0. The number of carbonyl (C=O) groups is 2. The van der Waals surface area contributed by atoms with Crippen LogP contribution >= 0.6 is 0 Å². The molecule has 0 radical (unpaired) electrons. The molecule has 0 unspecified atom stereocenters. The Labute approximate surface area is 131 Å². The van der Waals surface area contributed by atoms with Gasteiger partial charge in [-0.05, 0) is 25.1 Å². The second-order valence-corrected chi connectivity index (χ2v) is 5.41. The summed E-state index contributed by atoms with van der Waals surface area (Å²) in [5.41, 5.74) is 2.00. The number of ether oxygens (including phenoxy) is 1. The molecule has 1 aliphatic rings. The van der Waals surface area contributed by atoms with Crippen molar-refractivity contribution in [3.63, 3.8) is 0 Å². The summed E-state index contributed by atoms with van der Waals surface area (Å²) < 4.78 is 5.30. The van der Waals surface area contributed by atoms with Gasteiger partial charge in [0.15, 0.2) is 0 Å². The zero-order valence-electron chi connectivity index (χ0n) is 13.3. The lowest BCUT2D eigenvalue weighted by Gasteiger charge is -2.33. The van der Waals surface area contributed by atoms with E-state index in [0.717, 1.165) is 16.9 Å². The van der Waals surface area contributed by atoms with Crippen LogP contribution in [0.1, 0.15) is 18.1 Å². The van der Waals surface area contributed by atoms with Crippen LogP contribution < -0.4 is 4.74 Å². The Kier molecular flexibility index (Phi) is 5.20. The van der Waals surface area contributed by atoms with Crippen LogP contribution in [0.15, 0.2) is 24.3 Å². The quantitative estimate of drug-likeness (QED) is 0.799. The van der Waals surface area contributed by atoms with Gasteiger partial charge in [-0.2, -0.15) is 0 Å². The van der Waals surface area contributed by atoms with E-state index in [2.05, 4.69) is 0 Å². The maximum atomic E-state index is 12.2. The highest BCUT2D eigenvalue weighted by Crippen LogP contribution is 2.21. The molecule has 0 bridgehead atoms. The first-order valence-electron chi connectivity index (χ1n) is 7.38. The van der Waals surface area contributed by atoms with E-state index in [1.807, 2.05) is 25.1 Å². The van der Waals surface area contributed by atoms with Crippen LogP contribution in [-0.4, -0.2) is 54.9 Å². The van der Waals surface area contributed by atoms with E-state index in [0.29, 0.717) is 26.2 Å². The number of amides is 2. The molecule has 0 saturated carbocycles. The molecule has 22 heavy (non-hydrogen) atoms. The third-order valence-electron chi connectivity index (χ3n) is 3.83. The fraction of sp³-hybridized carbons (Fsp3) is 0.412. The van der Waals surface area contributed by atoms with Gasteiger partial charge in [0, 0.05) is 44.7 Å². The third-order valence-corrected chi connectivity index (χ3v) is 3.83. The molecule has 0 aliphatic carbocycles. The van der Waals surface area contributed by atoms with E-state index in [1.54, 1.807) is 36.0 Å². The Morgan fingerprint density at radius 1 is 1.14 bits per heavy atom. The van der Waals surface area contributed by atoms with Crippen molar-refractivity contribution in [2.24, 2.45) is 0 Å². The van der Waals surface area contributed by atoms with Crippen molar-refractivity contribution in [1.29, 1.82) is 0 Å². The van der Waals surface area contributed by atoms with E-state index >= 15 is 0 Å². The van der Waals surface area contributed by atoms with E-state index in [-0.39, 0.29) is 11.8 Å². The van der Waals surface area contributed by atoms with Crippen LogP contribution in [0.2, 0.25) is 0 Å². The summed E-state index contributed by atoms with van der Waals surface area (Å²) in [6.07, 6.45) is 3.35. The highest BCUT2D eigenvalue weighted by atomic mass is 16.5. The average Bonchev–Trinajstić information content (AvgIpc) is 2.52. The molecule has 0 atom stereocenters. The van der Waals surface area contributed by atoms with Gasteiger partial charge in [0.1, 0.15) is 5.75 Å². The predicted molar refractivity (Wildman–Crippen MR) is 85.6 cm³/mol. The molecular weight excluding hydrogens is 280 g/mol. The van der Waals surface area contributed by atoms with E-state index in [1.165, 1.54) is 0 Å². The minimum absolute atomic E-state index is 0.0354. The molecule has 1 fully saturated rings. The molecule has 2 amide bonds. The van der Waals surface area contributed by atoms with Crippen molar-refractivity contribution in [3.8, 4) is 5.75 Å². The Hall–Kier alpha value is -2.30. The van der Waals surface area contributed by atoms with E-state index in [9.17, 15) is 9.59 Å². The van der Waals surface area contributed by atoms with Crippen LogP contribution in [0.4, 0.5) is 0 Å². The number of rotatable bonds is 3. The molecule has 0 spiro atoms. The molecule has 2 rings (SSSR count). The van der Waals surface area contributed by atoms with Crippen molar-refractivity contribution in [1.82, 2.24) is 9.80 Å². The van der Waals surface area contributed by atoms with Crippen molar-refractivity contribution in [3.05, 3.63) is 35.4 Å². The first-order chi connectivity index (χ1) is 10.5. The van der Waals surface area contributed by atoms with Gasteiger partial charge in [-0.25, -0.2) is 0 Å². The number of benzene rings is 1. The maximum absolute atomic E-state index is 12.2. The number of piperazine rings is 1. The van der Waals surface area contributed by atoms with Crippen LogP contribution in [0.25, 0.3) is 6.08 Å². The Morgan fingerprint density at radius 3 is 2.36 bits per heavy atom. The monoisotopic (exact) mass is 302 g/mol. The summed E-state index contributed by atoms with van der Waals surface area (Å²) in [5, 5.41) is 0. The fourth-order valence-corrected chi connectivity index (χ4v) is 2.49. The number of nitrogens with zero attached hydrogens (tertiary/aromatic N) is 2. The molecule has 5 nitrogen and oxygen atoms in total. The van der Waals surface area contributed by atoms with Crippen LogP contribution in [0, 0.1) is 6.92 Å². The number of methoxy groups -OCH3 is 1. The zero-order valence-corrected chi connectivity index (χ0v) is 13.3. The summed E-state index contributed by atoms with van der Waals surface area (Å²) in [6, 6.07) is 5.85. The molecule has 1 aliphatic heterocycles. The number of carbonyl (C=O) groups excluding carboxylic acids is 2. The normalized spacial score (nSPS) is 15.2. The third kappa shape index (κ3) is 3.87. The largest absolute Gasteiger partial charge is 0.496 e. The Bertz CT molecular complexity index is 588. The summed E-state index contributed by atoms with van der Waals surface area (Å²) >= 11 is 0. The molecule has 0 aromatic heterocycles. The standard InChI is InChI=1S/C17H22N2O3/c1-13-4-6-16(22-3)15(12-13)5-7-17(21)19-10-8-18(9-11-19)14(2)20/h4-7,12H,8-11H2,1-3H3/b7-5-. The molecule has 1 heterocycles. The second kappa shape index (κ2) is 7.11. The van der Waals surface area contributed by atoms with Gasteiger partial charge in [0.25, 0.3) is 0 Å². The lowest BCUT2D eigenvalue weighted by Crippen LogP contribution is -2.49. The van der Waals surface area contributed by atoms with Crippen molar-refractivity contribution in [2.75, 3.05) is 33.3 Å². The second-order valence-electron chi connectivity index (χ2n) is 5.41. The van der Waals surface area contributed by atoms with Crippen LogP contribution in [-0.2, 0) is 9.59 Å². The van der Waals surface area contributed by atoms with Gasteiger partial charge >= 0.3 is 0 Å². The van der Waals surface area contributed by atoms with Crippen LogP contribution in [0.3, 0.4) is 0 Å². The maximum Gasteiger partial charge on any atom is 0.246 e. The molecule has 5 heteroatoms. The lowest BCUT2D eigenvalue weighted by molar-refractivity contribution is -0.135. The minimum atomic E-state index is -0.0354. The number of hydrogen-bond acceptors (Lipinski definition) is 3. The first kappa shape index (κ1) is 16.1. The molecular formula is C17H22N2O3. The van der Waals surface area contributed by atoms with Gasteiger partial charge in [-0.3, -0.25) is 9.59 Å². The molecule has 0 N–H and O–H groups in total. The van der Waals surface area contributed by atoms with Crippen molar-refractivity contribution >= 4 is 17.9 Å². The van der Waals surface area contributed by atoms with Crippen molar-refractivity contribution in [2.45, 2.75) is 13.8 Å². The molecule has 1 aromatic carbocycles.